The number of hydrogen-bond donors (Lipinski definition) is 0. The second-order valence-corrected chi connectivity index (χ2v) is 4.16. The average Bonchev–Trinajstić information content (AvgIpc) is 2.38. The van der Waals surface area contributed by atoms with Crippen molar-refractivity contribution in [3.63, 3.8) is 0 Å². The van der Waals surface area contributed by atoms with Gasteiger partial charge in [0.15, 0.2) is 0 Å². The van der Waals surface area contributed by atoms with E-state index in [2.05, 4.69) is 0 Å². The molecule has 1 aromatic rings. The van der Waals surface area contributed by atoms with E-state index in [-0.39, 0.29) is 13.2 Å². The van der Waals surface area contributed by atoms with Gasteiger partial charge in [-0.25, -0.2) is 0 Å². The number of methoxy groups -OCH3 is 1. The summed E-state index contributed by atoms with van der Waals surface area (Å²) in [5, 5.41) is -2.57. The van der Waals surface area contributed by atoms with Crippen LogP contribution in [0.4, 0.5) is 18.9 Å². The molecule has 0 spiro atoms. The van der Waals surface area contributed by atoms with Crippen molar-refractivity contribution in [1.82, 2.24) is 0 Å². The van der Waals surface area contributed by atoms with E-state index in [1.165, 1.54) is 19.2 Å². The Kier molecular flexibility index (Phi) is 5.62. The largest absolute Gasteiger partial charge is 0.413 e. The number of benzene rings is 1. The van der Waals surface area contributed by atoms with Crippen molar-refractivity contribution in [3.8, 4) is 0 Å². The van der Waals surface area contributed by atoms with Crippen LogP contribution in [0.3, 0.4) is 0 Å². The zero-order chi connectivity index (χ0) is 14.5. The van der Waals surface area contributed by atoms with Crippen LogP contribution in [-0.4, -0.2) is 37.7 Å². The Labute approximate surface area is 113 Å². The standard InChI is InChI=1S/C12H13ClF3NO2/c1-19-8-7-17(9-5-3-2-4-6-9)11(18)10(13)12(14,15)16/h2-6,10H,7-8H2,1H3. The predicted molar refractivity (Wildman–Crippen MR) is 66.4 cm³/mol. The van der Waals surface area contributed by atoms with Crippen LogP contribution in [0.5, 0.6) is 0 Å². The van der Waals surface area contributed by atoms with E-state index in [1.54, 1.807) is 18.2 Å². The third-order valence-corrected chi connectivity index (χ3v) is 2.79. The van der Waals surface area contributed by atoms with Gasteiger partial charge in [0.1, 0.15) is 0 Å². The lowest BCUT2D eigenvalue weighted by atomic mass is 10.2. The van der Waals surface area contributed by atoms with Crippen LogP contribution in [0.2, 0.25) is 0 Å². The summed E-state index contributed by atoms with van der Waals surface area (Å²) in [6, 6.07) is 8.02. The van der Waals surface area contributed by atoms with Gasteiger partial charge >= 0.3 is 6.18 Å². The summed E-state index contributed by atoms with van der Waals surface area (Å²) in [7, 11) is 1.40. The first-order valence-corrected chi connectivity index (χ1v) is 5.87. The maximum absolute atomic E-state index is 12.5. The third-order valence-electron chi connectivity index (χ3n) is 2.36. The van der Waals surface area contributed by atoms with Gasteiger partial charge < -0.3 is 9.64 Å². The van der Waals surface area contributed by atoms with Crippen molar-refractivity contribution in [2.24, 2.45) is 0 Å². The molecule has 0 saturated carbocycles. The fraction of sp³-hybridized carbons (Fsp3) is 0.417. The molecule has 1 rings (SSSR count). The zero-order valence-corrected chi connectivity index (χ0v) is 10.9. The van der Waals surface area contributed by atoms with Gasteiger partial charge in [-0.3, -0.25) is 4.79 Å². The molecule has 1 unspecified atom stereocenters. The van der Waals surface area contributed by atoms with Gasteiger partial charge in [-0.05, 0) is 12.1 Å². The molecule has 106 valence electrons. The molecule has 19 heavy (non-hydrogen) atoms. The van der Waals surface area contributed by atoms with Gasteiger partial charge in [-0.15, -0.1) is 11.6 Å². The maximum atomic E-state index is 12.5. The number of carbonyl (C=O) groups excluding carboxylic acids is 1. The second kappa shape index (κ2) is 6.77. The number of halogens is 4. The number of anilines is 1. The number of para-hydroxylation sites is 1. The minimum Gasteiger partial charge on any atom is -0.383 e. The first-order chi connectivity index (χ1) is 8.88. The van der Waals surface area contributed by atoms with Gasteiger partial charge in [-0.2, -0.15) is 13.2 Å². The third kappa shape index (κ3) is 4.40. The van der Waals surface area contributed by atoms with Crippen LogP contribution >= 0.6 is 11.6 Å². The number of hydrogen-bond acceptors (Lipinski definition) is 2. The number of ether oxygens (including phenoxy) is 1. The first kappa shape index (κ1) is 15.8. The monoisotopic (exact) mass is 295 g/mol. The maximum Gasteiger partial charge on any atom is 0.413 e. The van der Waals surface area contributed by atoms with Gasteiger partial charge in [0.25, 0.3) is 5.91 Å². The highest BCUT2D eigenvalue weighted by Crippen LogP contribution is 2.28. The Morgan fingerprint density at radius 1 is 1.37 bits per heavy atom. The number of nitrogens with zero attached hydrogens (tertiary/aromatic N) is 1. The molecule has 0 aliphatic heterocycles. The predicted octanol–water partition coefficient (Wildman–Crippen LogP) is 2.84. The molecule has 0 radical (unpaired) electrons. The molecule has 3 nitrogen and oxygen atoms in total. The second-order valence-electron chi connectivity index (χ2n) is 3.72. The molecule has 1 atom stereocenters. The Morgan fingerprint density at radius 3 is 2.42 bits per heavy atom. The Balaban J connectivity index is 2.95. The normalized spacial score (nSPS) is 13.1. The number of carbonyl (C=O) groups is 1. The van der Waals surface area contributed by atoms with E-state index >= 15 is 0 Å². The quantitative estimate of drug-likeness (QED) is 0.782. The summed E-state index contributed by atoms with van der Waals surface area (Å²) in [6.45, 7) is 0.112. The van der Waals surface area contributed by atoms with Crippen LogP contribution in [0, 0.1) is 0 Å². The lowest BCUT2D eigenvalue weighted by molar-refractivity contribution is -0.149. The summed E-state index contributed by atoms with van der Waals surface area (Å²) in [5.41, 5.74) is 0.347. The Hall–Kier alpha value is -1.27. The molecule has 1 aromatic carbocycles. The lowest BCUT2D eigenvalue weighted by Crippen LogP contribution is -2.45. The molecular weight excluding hydrogens is 283 g/mol. The minimum absolute atomic E-state index is 0.00134. The van der Waals surface area contributed by atoms with Gasteiger partial charge in [-0.1, -0.05) is 18.2 Å². The van der Waals surface area contributed by atoms with E-state index in [0.717, 1.165) is 4.90 Å². The molecular formula is C12H13ClF3NO2. The Bertz CT molecular complexity index is 411. The molecule has 0 aromatic heterocycles. The fourth-order valence-corrected chi connectivity index (χ4v) is 1.55. The highest BCUT2D eigenvalue weighted by Gasteiger charge is 2.45. The van der Waals surface area contributed by atoms with Crippen molar-refractivity contribution in [3.05, 3.63) is 30.3 Å². The fourth-order valence-electron chi connectivity index (χ4n) is 1.43. The lowest BCUT2D eigenvalue weighted by Gasteiger charge is -2.25. The highest BCUT2D eigenvalue weighted by molar-refractivity contribution is 6.33. The molecule has 1 amide bonds. The van der Waals surface area contributed by atoms with E-state index in [9.17, 15) is 18.0 Å². The Morgan fingerprint density at radius 2 is 1.95 bits per heavy atom. The molecule has 0 saturated heterocycles. The molecule has 0 fully saturated rings. The summed E-state index contributed by atoms with van der Waals surface area (Å²) >= 11 is 5.17. The van der Waals surface area contributed by atoms with Gasteiger partial charge in [0.2, 0.25) is 5.38 Å². The number of alkyl halides is 4. The highest BCUT2D eigenvalue weighted by atomic mass is 35.5. The summed E-state index contributed by atoms with van der Waals surface area (Å²) in [5.74, 6) is -1.21. The molecule has 0 aliphatic carbocycles. The van der Waals surface area contributed by atoms with Crippen LogP contribution in [0.1, 0.15) is 0 Å². The van der Waals surface area contributed by atoms with Gasteiger partial charge in [0, 0.05) is 19.3 Å². The SMILES string of the molecule is COCCN(C(=O)C(Cl)C(F)(F)F)c1ccccc1. The summed E-state index contributed by atoms with van der Waals surface area (Å²) in [6.07, 6.45) is -4.78. The summed E-state index contributed by atoms with van der Waals surface area (Å²) in [4.78, 5) is 12.8. The van der Waals surface area contributed by atoms with Crippen molar-refractivity contribution in [2.45, 2.75) is 11.6 Å². The topological polar surface area (TPSA) is 29.5 Å². The number of rotatable bonds is 5. The van der Waals surface area contributed by atoms with Crippen LogP contribution in [-0.2, 0) is 9.53 Å². The van der Waals surface area contributed by atoms with Crippen molar-refractivity contribution in [1.29, 1.82) is 0 Å². The van der Waals surface area contributed by atoms with E-state index in [4.69, 9.17) is 16.3 Å². The van der Waals surface area contributed by atoms with Crippen molar-refractivity contribution >= 4 is 23.2 Å². The van der Waals surface area contributed by atoms with E-state index in [0.29, 0.717) is 5.69 Å². The van der Waals surface area contributed by atoms with Crippen molar-refractivity contribution in [2.75, 3.05) is 25.2 Å². The van der Waals surface area contributed by atoms with Crippen LogP contribution in [0.25, 0.3) is 0 Å². The van der Waals surface area contributed by atoms with Crippen LogP contribution < -0.4 is 4.90 Å². The summed E-state index contributed by atoms with van der Waals surface area (Å²) < 4.78 is 42.3. The van der Waals surface area contributed by atoms with E-state index in [1.807, 2.05) is 0 Å². The zero-order valence-electron chi connectivity index (χ0n) is 10.2. The smallest absolute Gasteiger partial charge is 0.383 e. The molecule has 0 heterocycles. The number of amides is 1. The molecule has 0 bridgehead atoms. The first-order valence-electron chi connectivity index (χ1n) is 5.44. The molecule has 0 N–H and O–H groups in total. The van der Waals surface area contributed by atoms with Gasteiger partial charge in [0.05, 0.1) is 6.61 Å². The van der Waals surface area contributed by atoms with Crippen LogP contribution in [0.15, 0.2) is 30.3 Å². The molecule has 7 heteroatoms. The minimum atomic E-state index is -4.78. The van der Waals surface area contributed by atoms with Crippen molar-refractivity contribution < 1.29 is 22.7 Å². The molecule has 0 aliphatic rings. The average molecular weight is 296 g/mol. The van der Waals surface area contributed by atoms with E-state index < -0.39 is 17.5 Å².